The van der Waals surface area contributed by atoms with Crippen LogP contribution >= 0.6 is 11.6 Å². The van der Waals surface area contributed by atoms with Crippen LogP contribution in [0.4, 0.5) is 0 Å². The lowest BCUT2D eigenvalue weighted by Gasteiger charge is -2.16. The molecule has 13 nitrogen and oxygen atoms in total. The van der Waals surface area contributed by atoms with Gasteiger partial charge in [-0.2, -0.15) is 10.2 Å². The number of rotatable bonds is 17. The molecule has 0 saturated heterocycles. The van der Waals surface area contributed by atoms with E-state index >= 15 is 0 Å². The first-order valence-corrected chi connectivity index (χ1v) is 21.5. The standard InChI is InChI=1S/C48H52ClN7O6/c1-30(57)61-23-9-11-37-38-19-20-39(49)43(46(38)54(2)47(37)48(58)60-5)44-40(53-56-22-7-6-12-41(44)56)28-50-27-34-26-35(55(3)52-34)16-13-32-24-33-10-8-21-51-45(33)42(25-32)62-29-31-14-17-36(59-4)18-15-31/h8,10,14-15,17-21,24-26,50H,6-7,9,11-13,16,22-23,27-29H2,1-5H3. The van der Waals surface area contributed by atoms with Crippen LogP contribution in [-0.2, 0) is 80.3 Å². The third-order valence-corrected chi connectivity index (χ3v) is 12.0. The first-order valence-electron chi connectivity index (χ1n) is 21.1. The van der Waals surface area contributed by atoms with Gasteiger partial charge in [-0.3, -0.25) is 19.1 Å². The largest absolute Gasteiger partial charge is 0.497 e. The zero-order valence-corrected chi connectivity index (χ0v) is 36.7. The molecule has 1 aliphatic rings. The summed E-state index contributed by atoms with van der Waals surface area (Å²) < 4.78 is 28.1. The number of hydrogen-bond donors (Lipinski definition) is 1. The maximum atomic E-state index is 13.3. The summed E-state index contributed by atoms with van der Waals surface area (Å²) in [5.41, 5.74) is 11.1. The van der Waals surface area contributed by atoms with Gasteiger partial charge >= 0.3 is 11.9 Å². The topological polar surface area (TPSA) is 137 Å². The molecule has 0 spiro atoms. The van der Waals surface area contributed by atoms with E-state index in [0.717, 1.165) is 123 Å². The highest BCUT2D eigenvalue weighted by molar-refractivity contribution is 6.35. The predicted octanol–water partition coefficient (Wildman–Crippen LogP) is 8.26. The fraction of sp³-hybridized carbons (Fsp3) is 0.354. The highest BCUT2D eigenvalue weighted by Gasteiger charge is 2.29. The molecule has 0 bridgehead atoms. The van der Waals surface area contributed by atoms with E-state index in [2.05, 4.69) is 39.2 Å². The third kappa shape index (κ3) is 8.91. The van der Waals surface area contributed by atoms with Gasteiger partial charge in [0.1, 0.15) is 29.3 Å². The molecule has 0 unspecified atom stereocenters. The Balaban J connectivity index is 1.01. The van der Waals surface area contributed by atoms with Crippen LogP contribution in [0, 0.1) is 0 Å². The van der Waals surface area contributed by atoms with E-state index in [0.29, 0.717) is 43.3 Å². The molecule has 62 heavy (non-hydrogen) atoms. The Labute approximate surface area is 365 Å². The molecule has 0 fully saturated rings. The number of nitrogens with zero attached hydrogens (tertiary/aromatic N) is 6. The number of esters is 2. The molecule has 7 aromatic rings. The van der Waals surface area contributed by atoms with Gasteiger partial charge in [-0.15, -0.1) is 0 Å². The van der Waals surface area contributed by atoms with E-state index in [9.17, 15) is 9.59 Å². The van der Waals surface area contributed by atoms with Crippen LogP contribution in [0.5, 0.6) is 11.5 Å². The summed E-state index contributed by atoms with van der Waals surface area (Å²) in [7, 11) is 6.92. The highest BCUT2D eigenvalue weighted by atomic mass is 35.5. The summed E-state index contributed by atoms with van der Waals surface area (Å²) in [4.78, 5) is 29.4. The number of hydrogen-bond acceptors (Lipinski definition) is 10. The number of benzene rings is 3. The normalized spacial score (nSPS) is 12.5. The minimum absolute atomic E-state index is 0.253. The SMILES string of the molecule is COC(=O)c1c(CCCOC(C)=O)c2ccc(Cl)c(-c3c(CNCc4cc(CCc5cc(OCc6ccc(OC)cc6)c6ncccc6c5)n(C)n4)nn4c3CCCC4)c2n1C. The zero-order chi connectivity index (χ0) is 43.3. The van der Waals surface area contributed by atoms with Crippen molar-refractivity contribution in [3.63, 3.8) is 0 Å². The monoisotopic (exact) mass is 857 g/mol. The van der Waals surface area contributed by atoms with Crippen LogP contribution in [0.2, 0.25) is 5.02 Å². The number of methoxy groups -OCH3 is 2. The van der Waals surface area contributed by atoms with Gasteiger partial charge < -0.3 is 28.8 Å². The van der Waals surface area contributed by atoms with Crippen LogP contribution in [-0.4, -0.2) is 61.9 Å². The van der Waals surface area contributed by atoms with E-state index in [1.165, 1.54) is 14.0 Å². The number of carbonyl (C=O) groups excluding carboxylic acids is 2. The van der Waals surface area contributed by atoms with Gasteiger partial charge in [-0.25, -0.2) is 4.79 Å². The van der Waals surface area contributed by atoms with Gasteiger partial charge in [0.2, 0.25) is 0 Å². The first kappa shape index (κ1) is 42.5. The first-order chi connectivity index (χ1) is 30.1. The molecule has 0 aliphatic carbocycles. The lowest BCUT2D eigenvalue weighted by atomic mass is 9.95. The van der Waals surface area contributed by atoms with Gasteiger partial charge in [-0.1, -0.05) is 35.9 Å². The molecule has 322 valence electrons. The molecule has 5 heterocycles. The maximum Gasteiger partial charge on any atom is 0.354 e. The summed E-state index contributed by atoms with van der Waals surface area (Å²) in [5, 5.41) is 16.2. The number of pyridine rings is 1. The molecule has 0 amide bonds. The second-order valence-corrected chi connectivity index (χ2v) is 16.2. The number of aromatic nitrogens is 6. The van der Waals surface area contributed by atoms with Crippen molar-refractivity contribution in [3.05, 3.63) is 123 Å². The fourth-order valence-corrected chi connectivity index (χ4v) is 8.95. The molecule has 0 saturated carbocycles. The number of halogens is 1. The van der Waals surface area contributed by atoms with Crippen molar-refractivity contribution in [1.29, 1.82) is 0 Å². The van der Waals surface area contributed by atoms with Crippen LogP contribution in [0.1, 0.15) is 76.1 Å². The Hall–Kier alpha value is -6.18. The Kier molecular flexibility index (Phi) is 12.9. The van der Waals surface area contributed by atoms with Crippen molar-refractivity contribution in [2.24, 2.45) is 14.1 Å². The average molecular weight is 858 g/mol. The average Bonchev–Trinajstić information content (AvgIpc) is 3.92. The second kappa shape index (κ2) is 18.8. The van der Waals surface area contributed by atoms with Gasteiger partial charge in [0.15, 0.2) is 0 Å². The van der Waals surface area contributed by atoms with E-state index in [-0.39, 0.29) is 12.6 Å². The summed E-state index contributed by atoms with van der Waals surface area (Å²) in [5.74, 6) is 0.799. The Morgan fingerprint density at radius 2 is 1.74 bits per heavy atom. The number of aryl methyl sites for hydroxylation is 6. The smallest absolute Gasteiger partial charge is 0.354 e. The van der Waals surface area contributed by atoms with Crippen molar-refractivity contribution < 1.29 is 28.5 Å². The van der Waals surface area contributed by atoms with E-state index in [1.807, 2.05) is 65.8 Å². The van der Waals surface area contributed by atoms with E-state index in [4.69, 9.17) is 40.7 Å². The minimum Gasteiger partial charge on any atom is -0.497 e. The molecular formula is C48H52ClN7O6. The highest BCUT2D eigenvalue weighted by Crippen LogP contribution is 2.43. The van der Waals surface area contributed by atoms with Gasteiger partial charge in [0, 0.05) is 80.1 Å². The lowest BCUT2D eigenvalue weighted by molar-refractivity contribution is -0.141. The molecule has 3 aromatic carbocycles. The van der Waals surface area contributed by atoms with Crippen molar-refractivity contribution in [2.75, 3.05) is 20.8 Å². The Bertz CT molecular complexity index is 2750. The minimum atomic E-state index is -0.434. The predicted molar refractivity (Wildman–Crippen MR) is 239 cm³/mol. The lowest BCUT2D eigenvalue weighted by Crippen LogP contribution is -2.15. The van der Waals surface area contributed by atoms with Crippen molar-refractivity contribution >= 4 is 45.3 Å². The third-order valence-electron chi connectivity index (χ3n) is 11.7. The number of fused-ring (bicyclic) bond motifs is 3. The molecule has 0 radical (unpaired) electrons. The molecule has 1 aliphatic heterocycles. The summed E-state index contributed by atoms with van der Waals surface area (Å²) in [6, 6.07) is 22.2. The number of ether oxygens (including phenoxy) is 4. The number of carbonyl (C=O) groups is 2. The molecule has 1 N–H and O–H groups in total. The van der Waals surface area contributed by atoms with Gasteiger partial charge in [0.25, 0.3) is 0 Å². The molecule has 14 heteroatoms. The van der Waals surface area contributed by atoms with Crippen LogP contribution in [0.25, 0.3) is 32.9 Å². The number of nitrogens with one attached hydrogen (secondary N) is 1. The molecule has 4 aromatic heterocycles. The van der Waals surface area contributed by atoms with Crippen molar-refractivity contribution in [3.8, 4) is 22.6 Å². The van der Waals surface area contributed by atoms with Gasteiger partial charge in [0.05, 0.1) is 42.8 Å². The summed E-state index contributed by atoms with van der Waals surface area (Å²) >= 11 is 7.16. The fourth-order valence-electron chi connectivity index (χ4n) is 8.70. The van der Waals surface area contributed by atoms with Crippen molar-refractivity contribution in [2.45, 2.75) is 78.1 Å². The van der Waals surface area contributed by atoms with Crippen LogP contribution in [0.15, 0.2) is 72.9 Å². The molecule has 8 rings (SSSR count). The van der Waals surface area contributed by atoms with Crippen molar-refractivity contribution in [1.82, 2.24) is 34.4 Å². The Morgan fingerprint density at radius 3 is 2.53 bits per heavy atom. The molecule has 0 atom stereocenters. The van der Waals surface area contributed by atoms with E-state index < -0.39 is 5.97 Å². The maximum absolute atomic E-state index is 13.3. The van der Waals surface area contributed by atoms with Crippen LogP contribution < -0.4 is 14.8 Å². The van der Waals surface area contributed by atoms with Crippen LogP contribution in [0.3, 0.4) is 0 Å². The zero-order valence-electron chi connectivity index (χ0n) is 35.9. The van der Waals surface area contributed by atoms with Gasteiger partial charge in [-0.05, 0) is 104 Å². The quantitative estimate of drug-likeness (QED) is 0.0705. The molecular weight excluding hydrogens is 806 g/mol. The summed E-state index contributed by atoms with van der Waals surface area (Å²) in [6.07, 6.45) is 7.43. The summed E-state index contributed by atoms with van der Waals surface area (Å²) in [6.45, 7) is 3.92. The Morgan fingerprint density at radius 1 is 0.903 bits per heavy atom. The second-order valence-electron chi connectivity index (χ2n) is 15.7. The van der Waals surface area contributed by atoms with E-state index in [1.54, 1.807) is 13.3 Å².